The monoisotopic (exact) mass is 975 g/mol. The Balaban J connectivity index is 0.00000336. The molecular formula is C45H49N7O16S. The molecule has 23 nitrogen and oxygen atoms in total. The molecule has 3 aromatic carbocycles. The van der Waals surface area contributed by atoms with Gasteiger partial charge in [0.05, 0.1) is 50.7 Å². The number of nitrogens with one attached hydrogen (secondary N) is 3. The van der Waals surface area contributed by atoms with Crippen molar-refractivity contribution in [3.05, 3.63) is 105 Å². The van der Waals surface area contributed by atoms with E-state index in [-0.39, 0.29) is 112 Å². The maximum absolute atomic E-state index is 13.2. The Kier molecular flexibility index (Phi) is 21.4. The van der Waals surface area contributed by atoms with Crippen LogP contribution in [-0.4, -0.2) is 120 Å². The minimum Gasteiger partial charge on any atom is -0.491 e. The minimum atomic E-state index is -4.81. The number of aliphatic carboxylic acids is 1. The summed E-state index contributed by atoms with van der Waals surface area (Å²) in [7, 11) is -4.81. The molecule has 5 rings (SSSR count). The third-order valence-corrected chi connectivity index (χ3v) is 10.7. The lowest BCUT2D eigenvalue weighted by Crippen LogP contribution is -2.28. The van der Waals surface area contributed by atoms with Gasteiger partial charge in [0, 0.05) is 64.0 Å². The molecule has 0 saturated carbocycles. The molecule has 1 atom stereocenters. The molecule has 0 fully saturated rings. The molecule has 0 bridgehead atoms. The van der Waals surface area contributed by atoms with Crippen molar-refractivity contribution in [2.75, 3.05) is 71.7 Å². The first-order valence-electron chi connectivity index (χ1n) is 20.9. The van der Waals surface area contributed by atoms with Gasteiger partial charge >= 0.3 is 12.1 Å². The van der Waals surface area contributed by atoms with Gasteiger partial charge in [-0.1, -0.05) is 29.4 Å². The van der Waals surface area contributed by atoms with Crippen molar-refractivity contribution in [3.8, 4) is 28.2 Å². The first kappa shape index (κ1) is 54.1. The van der Waals surface area contributed by atoms with Crippen LogP contribution in [0, 0.1) is 12.3 Å². The fourth-order valence-electron chi connectivity index (χ4n) is 6.57. The van der Waals surface area contributed by atoms with Gasteiger partial charge in [-0.05, 0) is 73.0 Å². The lowest BCUT2D eigenvalue weighted by atomic mass is 9.91. The largest absolute Gasteiger partial charge is 0.491 e. The highest BCUT2D eigenvalue weighted by atomic mass is 32.2. The van der Waals surface area contributed by atoms with Crippen LogP contribution in [0.15, 0.2) is 87.2 Å². The van der Waals surface area contributed by atoms with Crippen molar-refractivity contribution in [1.29, 1.82) is 5.41 Å². The number of rotatable bonds is 27. The summed E-state index contributed by atoms with van der Waals surface area (Å²) in [4.78, 5) is 67.1. The number of ketones is 1. The average molecular weight is 976 g/mol. The second-order valence-electron chi connectivity index (χ2n) is 14.5. The van der Waals surface area contributed by atoms with E-state index in [0.717, 1.165) is 0 Å². The summed E-state index contributed by atoms with van der Waals surface area (Å²) < 4.78 is 67.8. The molecule has 1 aliphatic carbocycles. The number of amides is 2. The summed E-state index contributed by atoms with van der Waals surface area (Å²) in [5.41, 5.74) is 17.1. The zero-order valence-corrected chi connectivity index (χ0v) is 38.0. The molecule has 2 aliphatic rings. The van der Waals surface area contributed by atoms with Gasteiger partial charge in [0.1, 0.15) is 24.7 Å². The second kappa shape index (κ2) is 27.3. The summed E-state index contributed by atoms with van der Waals surface area (Å²) in [6.45, 7) is 2.15. The Morgan fingerprint density at radius 1 is 0.899 bits per heavy atom. The van der Waals surface area contributed by atoms with E-state index >= 15 is 0 Å². The number of nitrogen functional groups attached to an aromatic ring is 1. The maximum Gasteiger partial charge on any atom is 0.373 e. The van der Waals surface area contributed by atoms with Crippen molar-refractivity contribution in [2.24, 2.45) is 5.11 Å². The molecule has 69 heavy (non-hydrogen) atoms. The topological polar surface area (TPSA) is 359 Å². The van der Waals surface area contributed by atoms with Gasteiger partial charge < -0.3 is 55.0 Å². The number of hydrogen-bond acceptors (Lipinski definition) is 17. The van der Waals surface area contributed by atoms with Gasteiger partial charge in [-0.25, -0.2) is 4.79 Å². The van der Waals surface area contributed by atoms with E-state index in [4.69, 9.17) is 59.5 Å². The van der Waals surface area contributed by atoms with Gasteiger partial charge in [-0.2, -0.15) is 18.0 Å². The number of benzene rings is 4. The van der Waals surface area contributed by atoms with Crippen molar-refractivity contribution in [3.63, 3.8) is 0 Å². The SMILES string of the molecule is Cc1c2oc3c(S(=O)(=O)O)c(N)ccc3c(-c3cccc(C(=O)NCCOCCOCCC(=O)NCCCC(=O)c4cccc(OCC(N=[N+]=[N-])OCCOCC(=O)O)c4)c3)c-2ccc1=N.O=C=O. The second-order valence-corrected chi connectivity index (χ2v) is 15.9. The Labute approximate surface area is 394 Å². The molecule has 0 aromatic heterocycles. The highest BCUT2D eigenvalue weighted by Gasteiger charge is 2.27. The molecule has 1 heterocycles. The number of carbonyl (C=O) groups excluding carboxylic acids is 5. The van der Waals surface area contributed by atoms with E-state index in [1.807, 2.05) is 0 Å². The number of nitrogens with zero attached hydrogens (tertiary/aromatic N) is 3. The predicted molar refractivity (Wildman–Crippen MR) is 243 cm³/mol. The van der Waals surface area contributed by atoms with Crippen LogP contribution >= 0.6 is 0 Å². The molecular weight excluding hydrogens is 927 g/mol. The average Bonchev–Trinajstić information content (AvgIpc) is 3.31. The number of ether oxygens (including phenoxy) is 5. The predicted octanol–water partition coefficient (Wildman–Crippen LogP) is 4.30. The van der Waals surface area contributed by atoms with E-state index in [9.17, 15) is 32.1 Å². The molecule has 7 N–H and O–H groups in total. The zero-order valence-electron chi connectivity index (χ0n) is 37.1. The van der Waals surface area contributed by atoms with E-state index < -0.39 is 39.7 Å². The highest BCUT2D eigenvalue weighted by Crippen LogP contribution is 2.44. The van der Waals surface area contributed by atoms with Gasteiger partial charge in [0.15, 0.2) is 22.5 Å². The molecule has 24 heteroatoms. The number of nitrogens with two attached hydrogens (primary N) is 1. The van der Waals surface area contributed by atoms with Crippen molar-refractivity contribution >= 4 is 56.5 Å². The molecule has 366 valence electrons. The number of carbonyl (C=O) groups is 4. The lowest BCUT2D eigenvalue weighted by Gasteiger charge is -2.19. The third kappa shape index (κ3) is 16.6. The Morgan fingerprint density at radius 2 is 1.61 bits per heavy atom. The van der Waals surface area contributed by atoms with Crippen LogP contribution in [0.3, 0.4) is 0 Å². The van der Waals surface area contributed by atoms with Gasteiger partial charge in [-0.15, -0.1) is 0 Å². The van der Waals surface area contributed by atoms with Crippen molar-refractivity contribution in [1.82, 2.24) is 10.6 Å². The van der Waals surface area contributed by atoms with Gasteiger partial charge in [0.25, 0.3) is 16.0 Å². The van der Waals surface area contributed by atoms with Crippen LogP contribution in [0.2, 0.25) is 0 Å². The highest BCUT2D eigenvalue weighted by molar-refractivity contribution is 7.86. The fourth-order valence-corrected chi connectivity index (χ4v) is 7.33. The standard InChI is InChI=1S/C44H49N7O14S.CO2/c1-27-34(45)12-10-32-40(33-11-13-35(46)43(66(57,58)59)42(33)65-41(27)32)29-6-2-7-30(23-29)44(56)49-16-18-61-20-19-60-17-14-37(53)48-15-4-9-36(52)28-5-3-8-31(24-28)64-25-38(50-51-47)63-22-21-62-26-39(54)55;2-1-3/h2-3,5-8,10-13,23-24,38,45H,4,9,14-22,25-26,46H2,1H3,(H,48,53)(H,49,56)(H,54,55)(H,57,58,59);. The molecule has 0 radical (unpaired) electrons. The number of carboxylic acids is 1. The number of fused-ring (bicyclic) bond motifs is 2. The van der Waals surface area contributed by atoms with E-state index in [2.05, 4.69) is 20.7 Å². The van der Waals surface area contributed by atoms with Crippen molar-refractivity contribution < 1.29 is 74.9 Å². The van der Waals surface area contributed by atoms with Crippen LogP contribution < -0.4 is 26.5 Å². The van der Waals surface area contributed by atoms with Crippen LogP contribution in [0.4, 0.5) is 5.69 Å². The normalized spacial score (nSPS) is 11.4. The quantitative estimate of drug-likeness (QED) is 0.00624. The van der Waals surface area contributed by atoms with Crippen LogP contribution in [0.1, 0.15) is 45.5 Å². The first-order valence-corrected chi connectivity index (χ1v) is 22.4. The smallest absolute Gasteiger partial charge is 0.373 e. The molecule has 3 aromatic rings. The summed E-state index contributed by atoms with van der Waals surface area (Å²) in [5.74, 6) is -1.36. The summed E-state index contributed by atoms with van der Waals surface area (Å²) >= 11 is 0. The van der Waals surface area contributed by atoms with Crippen LogP contribution in [0.5, 0.6) is 5.75 Å². The Bertz CT molecular complexity index is 2820. The van der Waals surface area contributed by atoms with E-state index in [0.29, 0.717) is 50.9 Å². The number of anilines is 1. The number of hydrogen-bond donors (Lipinski definition) is 6. The summed E-state index contributed by atoms with van der Waals surface area (Å²) in [6, 6.07) is 19.3. The summed E-state index contributed by atoms with van der Waals surface area (Å²) in [6.07, 6.45) is -0.100. The van der Waals surface area contributed by atoms with Crippen LogP contribution in [-0.2, 0) is 48.2 Å². The maximum atomic E-state index is 13.2. The molecule has 0 spiro atoms. The minimum absolute atomic E-state index is 0.0259. The molecule has 0 saturated heterocycles. The van der Waals surface area contributed by atoms with Gasteiger partial charge in [-0.3, -0.25) is 18.9 Å². The van der Waals surface area contributed by atoms with Gasteiger partial charge in [0.2, 0.25) is 5.91 Å². The lowest BCUT2D eigenvalue weighted by molar-refractivity contribution is -0.191. The first-order chi connectivity index (χ1) is 33.1. The number of Topliss-reactive ketones (excluding diaryl/α,β-unsaturated/α-hetero) is 1. The summed E-state index contributed by atoms with van der Waals surface area (Å²) in [5, 5.41) is 26.4. The van der Waals surface area contributed by atoms with E-state index in [1.165, 1.54) is 6.07 Å². The Hall–Kier alpha value is -7.53. The zero-order chi connectivity index (χ0) is 50.3. The third-order valence-electron chi connectivity index (χ3n) is 9.74. The number of carboxylic acid groups (broad SMARTS) is 1. The van der Waals surface area contributed by atoms with Crippen LogP contribution in [0.25, 0.3) is 43.9 Å². The van der Waals surface area contributed by atoms with Crippen molar-refractivity contribution in [2.45, 2.75) is 37.3 Å². The van der Waals surface area contributed by atoms with E-state index in [1.54, 1.807) is 73.7 Å². The Morgan fingerprint density at radius 3 is 2.33 bits per heavy atom. The molecule has 1 aliphatic heterocycles. The number of azide groups is 1. The molecule has 1 unspecified atom stereocenters. The molecule has 2 amide bonds. The fraction of sp³-hybridized carbons (Fsp3) is 0.333.